The Kier molecular flexibility index (Phi) is 5.67. The van der Waals surface area contributed by atoms with E-state index in [1.54, 1.807) is 13.0 Å². The number of hydrogen-bond donors (Lipinski definition) is 2. The zero-order chi connectivity index (χ0) is 22.2. The average molecular weight is 447 g/mol. The molecule has 2 aromatic carbocycles. The Balaban J connectivity index is 1.42. The second kappa shape index (κ2) is 8.27. The van der Waals surface area contributed by atoms with E-state index in [4.69, 9.17) is 4.74 Å². The van der Waals surface area contributed by atoms with Crippen molar-refractivity contribution in [1.29, 1.82) is 0 Å². The molecule has 2 heterocycles. The summed E-state index contributed by atoms with van der Waals surface area (Å²) in [6.07, 6.45) is -0.00612. The van der Waals surface area contributed by atoms with E-state index < -0.39 is 27.9 Å². The van der Waals surface area contributed by atoms with E-state index in [1.807, 2.05) is 0 Å². The molecular formula is C21H22FN3O5S. The fraction of sp³-hybridized carbons (Fsp3) is 0.333. The fourth-order valence-corrected chi connectivity index (χ4v) is 5.15. The number of hydrogen-bond acceptors (Lipinski definition) is 5. The van der Waals surface area contributed by atoms with Crippen molar-refractivity contribution in [3.05, 3.63) is 48.3 Å². The number of sulfonamides is 1. The van der Waals surface area contributed by atoms with E-state index in [2.05, 4.69) is 10.6 Å². The molecule has 164 valence electrons. The van der Waals surface area contributed by atoms with Crippen molar-refractivity contribution in [2.75, 3.05) is 23.7 Å². The van der Waals surface area contributed by atoms with Crippen LogP contribution in [0.2, 0.25) is 0 Å². The molecule has 1 atom stereocenters. The second-order valence-corrected chi connectivity index (χ2v) is 9.49. The molecule has 2 aromatic rings. The first-order chi connectivity index (χ1) is 14.8. The smallest absolute Gasteiger partial charge is 0.265 e. The predicted octanol–water partition coefficient (Wildman–Crippen LogP) is 2.58. The van der Waals surface area contributed by atoms with Crippen LogP contribution in [0.5, 0.6) is 5.75 Å². The van der Waals surface area contributed by atoms with Crippen molar-refractivity contribution in [3.63, 3.8) is 0 Å². The van der Waals surface area contributed by atoms with Crippen molar-refractivity contribution >= 4 is 33.2 Å². The Morgan fingerprint density at radius 1 is 1.19 bits per heavy atom. The molecule has 8 nitrogen and oxygen atoms in total. The first-order valence-corrected chi connectivity index (χ1v) is 11.4. The summed E-state index contributed by atoms with van der Waals surface area (Å²) < 4.78 is 46.6. The number of carbonyl (C=O) groups is 2. The summed E-state index contributed by atoms with van der Waals surface area (Å²) in [6, 6.07) is 10.2. The van der Waals surface area contributed by atoms with E-state index >= 15 is 0 Å². The minimum absolute atomic E-state index is 0.0407. The first kappa shape index (κ1) is 21.3. The van der Waals surface area contributed by atoms with Gasteiger partial charge in [-0.25, -0.2) is 12.8 Å². The molecule has 0 saturated carbocycles. The van der Waals surface area contributed by atoms with Crippen LogP contribution in [0.4, 0.5) is 15.8 Å². The van der Waals surface area contributed by atoms with Gasteiger partial charge in [-0.2, -0.15) is 4.31 Å². The normalized spacial score (nSPS) is 19.8. The Bertz CT molecular complexity index is 1130. The van der Waals surface area contributed by atoms with Crippen molar-refractivity contribution in [3.8, 4) is 5.75 Å². The van der Waals surface area contributed by atoms with E-state index in [0.717, 1.165) is 0 Å². The maximum absolute atomic E-state index is 13.8. The number of piperidine rings is 1. The number of amides is 2. The van der Waals surface area contributed by atoms with Gasteiger partial charge in [-0.15, -0.1) is 0 Å². The maximum atomic E-state index is 13.8. The number of para-hydroxylation sites is 1. The number of anilines is 2. The molecule has 0 aromatic heterocycles. The summed E-state index contributed by atoms with van der Waals surface area (Å²) in [5, 5.41) is 5.22. The Morgan fingerprint density at radius 3 is 2.61 bits per heavy atom. The van der Waals surface area contributed by atoms with Crippen LogP contribution < -0.4 is 15.4 Å². The van der Waals surface area contributed by atoms with Gasteiger partial charge < -0.3 is 15.4 Å². The molecule has 0 aliphatic carbocycles. The molecule has 1 saturated heterocycles. The molecule has 10 heteroatoms. The van der Waals surface area contributed by atoms with Gasteiger partial charge in [-0.3, -0.25) is 9.59 Å². The van der Waals surface area contributed by atoms with Gasteiger partial charge in [0.2, 0.25) is 15.9 Å². The van der Waals surface area contributed by atoms with Gasteiger partial charge in [0.15, 0.2) is 6.10 Å². The van der Waals surface area contributed by atoms with Crippen LogP contribution in [0.25, 0.3) is 0 Å². The highest BCUT2D eigenvalue weighted by molar-refractivity contribution is 7.89. The predicted molar refractivity (Wildman–Crippen MR) is 112 cm³/mol. The Hall–Kier alpha value is -2.98. The van der Waals surface area contributed by atoms with Gasteiger partial charge in [-0.1, -0.05) is 12.1 Å². The van der Waals surface area contributed by atoms with Crippen LogP contribution in [-0.4, -0.2) is 43.7 Å². The van der Waals surface area contributed by atoms with Crippen LogP contribution in [-0.2, 0) is 19.6 Å². The molecule has 0 unspecified atom stereocenters. The van der Waals surface area contributed by atoms with E-state index in [-0.39, 0.29) is 35.5 Å². The third-order valence-corrected chi connectivity index (χ3v) is 7.37. The third kappa shape index (κ3) is 4.26. The van der Waals surface area contributed by atoms with Crippen LogP contribution in [0.3, 0.4) is 0 Å². The van der Waals surface area contributed by atoms with Crippen molar-refractivity contribution in [2.45, 2.75) is 30.8 Å². The standard InChI is InChI=1S/C21H22FN3O5S/c1-13-20(26)24-18-12-15(6-7-19(18)30-13)31(28,29)25-10-8-14(9-11-25)21(27)23-17-5-3-2-4-16(17)22/h2-7,12-14H,8-11H2,1H3,(H,23,27)(H,24,26)/t13-/m1/s1. The number of fused-ring (bicyclic) bond motifs is 1. The molecule has 2 N–H and O–H groups in total. The van der Waals surface area contributed by atoms with Crippen molar-refractivity contribution in [2.24, 2.45) is 5.92 Å². The minimum Gasteiger partial charge on any atom is -0.479 e. The van der Waals surface area contributed by atoms with Crippen LogP contribution >= 0.6 is 0 Å². The lowest BCUT2D eigenvalue weighted by molar-refractivity contribution is -0.123. The number of benzene rings is 2. The average Bonchev–Trinajstić information content (AvgIpc) is 2.76. The number of halogens is 1. The lowest BCUT2D eigenvalue weighted by Gasteiger charge is -2.31. The number of ether oxygens (including phenoxy) is 1. The minimum atomic E-state index is -3.81. The number of rotatable bonds is 4. The Labute approximate surface area is 179 Å². The highest BCUT2D eigenvalue weighted by Gasteiger charge is 2.33. The van der Waals surface area contributed by atoms with Crippen molar-refractivity contribution in [1.82, 2.24) is 4.31 Å². The molecule has 0 bridgehead atoms. The van der Waals surface area contributed by atoms with Crippen LogP contribution in [0.1, 0.15) is 19.8 Å². The zero-order valence-electron chi connectivity index (χ0n) is 16.8. The van der Waals surface area contributed by atoms with Gasteiger partial charge in [0, 0.05) is 19.0 Å². The fourth-order valence-electron chi connectivity index (χ4n) is 3.65. The quantitative estimate of drug-likeness (QED) is 0.750. The van der Waals surface area contributed by atoms with Crippen LogP contribution in [0.15, 0.2) is 47.4 Å². The molecule has 2 amide bonds. The highest BCUT2D eigenvalue weighted by atomic mass is 32.2. The lowest BCUT2D eigenvalue weighted by Crippen LogP contribution is -2.41. The summed E-state index contributed by atoms with van der Waals surface area (Å²) in [4.78, 5) is 24.3. The van der Waals surface area contributed by atoms with Crippen molar-refractivity contribution < 1.29 is 27.1 Å². The topological polar surface area (TPSA) is 105 Å². The molecule has 4 rings (SSSR count). The first-order valence-electron chi connectivity index (χ1n) is 9.93. The third-order valence-electron chi connectivity index (χ3n) is 5.48. The number of nitrogens with one attached hydrogen (secondary N) is 2. The lowest BCUT2D eigenvalue weighted by atomic mass is 9.97. The SMILES string of the molecule is C[C@H]1Oc2ccc(S(=O)(=O)N3CCC(C(=O)Nc4ccccc4F)CC3)cc2NC1=O. The van der Waals surface area contributed by atoms with Gasteiger partial charge in [0.25, 0.3) is 5.91 Å². The Morgan fingerprint density at radius 2 is 1.90 bits per heavy atom. The molecular weight excluding hydrogens is 425 g/mol. The number of carbonyl (C=O) groups excluding carboxylic acids is 2. The molecule has 0 radical (unpaired) electrons. The zero-order valence-corrected chi connectivity index (χ0v) is 17.6. The van der Waals surface area contributed by atoms with Gasteiger partial charge >= 0.3 is 0 Å². The molecule has 1 fully saturated rings. The largest absolute Gasteiger partial charge is 0.479 e. The summed E-state index contributed by atoms with van der Waals surface area (Å²) >= 11 is 0. The van der Waals surface area contributed by atoms with E-state index in [1.165, 1.54) is 40.7 Å². The monoisotopic (exact) mass is 447 g/mol. The van der Waals surface area contributed by atoms with Gasteiger partial charge in [0.05, 0.1) is 16.3 Å². The van der Waals surface area contributed by atoms with Gasteiger partial charge in [-0.05, 0) is 50.1 Å². The molecule has 2 aliphatic heterocycles. The number of nitrogens with zero attached hydrogens (tertiary/aromatic N) is 1. The molecule has 31 heavy (non-hydrogen) atoms. The summed E-state index contributed by atoms with van der Waals surface area (Å²) in [5.41, 5.74) is 0.415. The van der Waals surface area contributed by atoms with Crippen LogP contribution in [0, 0.1) is 11.7 Å². The highest BCUT2D eigenvalue weighted by Crippen LogP contribution is 2.33. The summed E-state index contributed by atoms with van der Waals surface area (Å²) in [7, 11) is -3.81. The summed E-state index contributed by atoms with van der Waals surface area (Å²) in [6.45, 7) is 1.93. The summed E-state index contributed by atoms with van der Waals surface area (Å²) in [5.74, 6) is -1.19. The second-order valence-electron chi connectivity index (χ2n) is 7.55. The van der Waals surface area contributed by atoms with E-state index in [0.29, 0.717) is 24.3 Å². The maximum Gasteiger partial charge on any atom is 0.265 e. The van der Waals surface area contributed by atoms with Gasteiger partial charge in [0.1, 0.15) is 11.6 Å². The van der Waals surface area contributed by atoms with E-state index in [9.17, 15) is 22.4 Å². The molecule has 2 aliphatic rings. The molecule has 0 spiro atoms.